The molecule has 0 fully saturated rings. The van der Waals surface area contributed by atoms with Gasteiger partial charge in [0.1, 0.15) is 30.8 Å². The Morgan fingerprint density at radius 3 is 2.35 bits per heavy atom. The molecule has 0 saturated heterocycles. The maximum atomic E-state index is 13.6. The number of rotatable bonds is 11. The van der Waals surface area contributed by atoms with E-state index in [1.165, 1.54) is 18.9 Å². The highest BCUT2D eigenvalue weighted by Crippen LogP contribution is 2.23. The Balaban J connectivity index is 3.32. The summed E-state index contributed by atoms with van der Waals surface area (Å²) < 4.78 is 9.84. The van der Waals surface area contributed by atoms with Gasteiger partial charge in [0.15, 0.2) is 0 Å². The number of ether oxygens (including phenoxy) is 2. The van der Waals surface area contributed by atoms with Crippen molar-refractivity contribution in [3.63, 3.8) is 0 Å². The lowest BCUT2D eigenvalue weighted by molar-refractivity contribution is -0.144. The quantitative estimate of drug-likeness (QED) is 0.353. The second kappa shape index (κ2) is 14.1. The molecule has 186 valence electrons. The van der Waals surface area contributed by atoms with Crippen LogP contribution in [0.3, 0.4) is 0 Å². The van der Waals surface area contributed by atoms with Gasteiger partial charge in [-0.05, 0) is 44.8 Å². The van der Waals surface area contributed by atoms with Crippen molar-refractivity contribution in [1.82, 2.24) is 15.5 Å². The van der Waals surface area contributed by atoms with Gasteiger partial charge in [-0.2, -0.15) is 17.0 Å². The van der Waals surface area contributed by atoms with Gasteiger partial charge in [-0.25, -0.2) is 4.79 Å². The zero-order valence-electron chi connectivity index (χ0n) is 20.1. The van der Waals surface area contributed by atoms with E-state index in [1.54, 1.807) is 51.1 Å². The molecule has 3 amide bonds. The van der Waals surface area contributed by atoms with Crippen molar-refractivity contribution in [3.8, 4) is 6.07 Å². The molecule has 0 aliphatic carbocycles. The summed E-state index contributed by atoms with van der Waals surface area (Å²) in [5, 5.41) is 14.5. The molecule has 0 aliphatic rings. The number of nitriles is 1. The van der Waals surface area contributed by atoms with Gasteiger partial charge in [-0.15, -0.1) is 0 Å². The first-order chi connectivity index (χ1) is 16.0. The van der Waals surface area contributed by atoms with E-state index in [0.29, 0.717) is 11.3 Å². The molecule has 0 heterocycles. The summed E-state index contributed by atoms with van der Waals surface area (Å²) >= 11 is 1.48. The number of carbonyl (C=O) groups excluding carboxylic acids is 4. The molecule has 1 rings (SSSR count). The van der Waals surface area contributed by atoms with Crippen molar-refractivity contribution in [2.45, 2.75) is 44.9 Å². The minimum Gasteiger partial charge on any atom is -0.468 e. The SMILES string of the molecule is COC(=O)CNC(=O)C(c1ccccc1)N(CC#N)C(=O)C(CCSC)NC(=O)OC(C)(C)C. The van der Waals surface area contributed by atoms with Crippen molar-refractivity contribution < 1.29 is 28.7 Å². The van der Waals surface area contributed by atoms with E-state index in [4.69, 9.17) is 4.74 Å². The van der Waals surface area contributed by atoms with Crippen molar-refractivity contribution in [1.29, 1.82) is 5.26 Å². The van der Waals surface area contributed by atoms with Crippen molar-refractivity contribution >= 4 is 35.6 Å². The number of carbonyl (C=O) groups is 4. The van der Waals surface area contributed by atoms with Crippen LogP contribution in [0, 0.1) is 11.3 Å². The molecule has 0 aromatic heterocycles. The minimum atomic E-state index is -1.21. The summed E-state index contributed by atoms with van der Waals surface area (Å²) in [7, 11) is 1.19. The third kappa shape index (κ3) is 9.70. The van der Waals surface area contributed by atoms with Crippen LogP contribution >= 0.6 is 11.8 Å². The largest absolute Gasteiger partial charge is 0.468 e. The Hall–Kier alpha value is -3.26. The third-order valence-electron chi connectivity index (χ3n) is 4.43. The van der Waals surface area contributed by atoms with Crippen LogP contribution in [-0.4, -0.2) is 72.6 Å². The molecular weight excluding hydrogens is 460 g/mol. The molecule has 10 nitrogen and oxygen atoms in total. The molecule has 1 aromatic carbocycles. The molecule has 0 bridgehead atoms. The third-order valence-corrected chi connectivity index (χ3v) is 5.08. The number of hydrogen-bond acceptors (Lipinski definition) is 8. The number of benzene rings is 1. The highest BCUT2D eigenvalue weighted by molar-refractivity contribution is 7.98. The Morgan fingerprint density at radius 2 is 1.82 bits per heavy atom. The predicted octanol–water partition coefficient (Wildman–Crippen LogP) is 2.02. The van der Waals surface area contributed by atoms with Crippen LogP contribution in [0.4, 0.5) is 4.79 Å². The minimum absolute atomic E-state index is 0.256. The maximum absolute atomic E-state index is 13.6. The van der Waals surface area contributed by atoms with Crippen LogP contribution < -0.4 is 10.6 Å². The first-order valence-electron chi connectivity index (χ1n) is 10.6. The van der Waals surface area contributed by atoms with Crippen LogP contribution in [0.2, 0.25) is 0 Å². The fraction of sp³-hybridized carbons (Fsp3) is 0.522. The van der Waals surface area contributed by atoms with E-state index >= 15 is 0 Å². The average Bonchev–Trinajstić information content (AvgIpc) is 2.78. The van der Waals surface area contributed by atoms with Gasteiger partial charge in [0.25, 0.3) is 0 Å². The number of alkyl carbamates (subject to hydrolysis) is 1. The molecule has 0 aliphatic heterocycles. The van der Waals surface area contributed by atoms with E-state index in [2.05, 4.69) is 15.4 Å². The Kier molecular flexibility index (Phi) is 11.9. The molecule has 2 N–H and O–H groups in total. The van der Waals surface area contributed by atoms with E-state index in [1.807, 2.05) is 12.3 Å². The second-order valence-electron chi connectivity index (χ2n) is 8.21. The second-order valence-corrected chi connectivity index (χ2v) is 9.20. The number of nitrogens with one attached hydrogen (secondary N) is 2. The van der Waals surface area contributed by atoms with Crippen molar-refractivity contribution in [3.05, 3.63) is 35.9 Å². The molecule has 34 heavy (non-hydrogen) atoms. The monoisotopic (exact) mass is 492 g/mol. The van der Waals surface area contributed by atoms with E-state index in [9.17, 15) is 24.4 Å². The number of esters is 1. The summed E-state index contributed by atoms with van der Waals surface area (Å²) in [6.45, 7) is 4.27. The van der Waals surface area contributed by atoms with E-state index in [-0.39, 0.29) is 6.42 Å². The predicted molar refractivity (Wildman–Crippen MR) is 128 cm³/mol. The van der Waals surface area contributed by atoms with Gasteiger partial charge < -0.3 is 25.0 Å². The van der Waals surface area contributed by atoms with E-state index in [0.717, 1.165) is 4.90 Å². The van der Waals surface area contributed by atoms with Gasteiger partial charge in [-0.3, -0.25) is 14.4 Å². The van der Waals surface area contributed by atoms with Crippen LogP contribution in [0.5, 0.6) is 0 Å². The van der Waals surface area contributed by atoms with Crippen LogP contribution in [0.15, 0.2) is 30.3 Å². The Bertz CT molecular complexity index is 882. The van der Waals surface area contributed by atoms with Crippen molar-refractivity contribution in [2.75, 3.05) is 32.2 Å². The molecular formula is C23H32N4O6S. The van der Waals surface area contributed by atoms with Crippen LogP contribution in [-0.2, 0) is 23.9 Å². The smallest absolute Gasteiger partial charge is 0.408 e. The Morgan fingerprint density at radius 1 is 1.18 bits per heavy atom. The standard InChI is InChI=1S/C23H32N4O6S/c1-23(2,3)33-22(31)26-17(11-14-34-5)21(30)27(13-12-24)19(16-9-7-6-8-10-16)20(29)25-15-18(28)32-4/h6-10,17,19H,11,13-15H2,1-5H3,(H,25,29)(H,26,31). The zero-order valence-corrected chi connectivity index (χ0v) is 20.9. The lowest BCUT2D eigenvalue weighted by atomic mass is 10.0. The van der Waals surface area contributed by atoms with Crippen LogP contribution in [0.25, 0.3) is 0 Å². The summed E-state index contributed by atoms with van der Waals surface area (Å²) in [6, 6.07) is 8.07. The zero-order chi connectivity index (χ0) is 25.7. The van der Waals surface area contributed by atoms with Gasteiger partial charge in [0.2, 0.25) is 11.8 Å². The Labute approximate surface area is 204 Å². The topological polar surface area (TPSA) is 138 Å². The number of methoxy groups -OCH3 is 1. The van der Waals surface area contributed by atoms with E-state index < -0.39 is 54.7 Å². The summed E-state index contributed by atoms with van der Waals surface area (Å²) in [5.41, 5.74) is -0.335. The fourth-order valence-corrected chi connectivity index (χ4v) is 3.42. The average molecular weight is 493 g/mol. The highest BCUT2D eigenvalue weighted by Gasteiger charge is 2.36. The molecule has 0 radical (unpaired) electrons. The summed E-state index contributed by atoms with van der Waals surface area (Å²) in [5.74, 6) is -1.41. The molecule has 11 heteroatoms. The number of hydrogen-bond donors (Lipinski definition) is 2. The molecule has 2 unspecified atom stereocenters. The molecule has 0 spiro atoms. The lowest BCUT2D eigenvalue weighted by Gasteiger charge is -2.32. The van der Waals surface area contributed by atoms with Gasteiger partial charge >= 0.3 is 12.1 Å². The molecule has 0 saturated carbocycles. The molecule has 2 atom stereocenters. The summed E-state index contributed by atoms with van der Waals surface area (Å²) in [4.78, 5) is 51.7. The number of thioether (sulfide) groups is 1. The normalized spacial score (nSPS) is 12.5. The first-order valence-corrected chi connectivity index (χ1v) is 12.0. The number of nitrogens with zero attached hydrogens (tertiary/aromatic N) is 2. The van der Waals surface area contributed by atoms with Crippen molar-refractivity contribution in [2.24, 2.45) is 0 Å². The highest BCUT2D eigenvalue weighted by atomic mass is 32.2. The van der Waals surface area contributed by atoms with Gasteiger partial charge in [0, 0.05) is 0 Å². The maximum Gasteiger partial charge on any atom is 0.408 e. The fourth-order valence-electron chi connectivity index (χ4n) is 2.95. The van der Waals surface area contributed by atoms with Crippen LogP contribution in [0.1, 0.15) is 38.8 Å². The summed E-state index contributed by atoms with van der Waals surface area (Å²) in [6.07, 6.45) is 1.33. The first kappa shape index (κ1) is 28.8. The lowest BCUT2D eigenvalue weighted by Crippen LogP contribution is -2.53. The van der Waals surface area contributed by atoms with Gasteiger partial charge in [-0.1, -0.05) is 30.3 Å². The molecule has 1 aromatic rings. The van der Waals surface area contributed by atoms with Gasteiger partial charge in [0.05, 0.1) is 13.2 Å². The number of amides is 3.